The fraction of sp³-hybridized carbons (Fsp3) is 0.0400. The average molecular weight is 633 g/mol. The summed E-state index contributed by atoms with van der Waals surface area (Å²) in [6.45, 7) is 4.60. The number of benzene rings is 9. The molecule has 0 spiro atoms. The van der Waals surface area contributed by atoms with E-state index in [0.29, 0.717) is 0 Å². The van der Waals surface area contributed by atoms with E-state index in [1.165, 1.54) is 121 Å². The van der Waals surface area contributed by atoms with Gasteiger partial charge in [-0.15, -0.1) is 0 Å². The third kappa shape index (κ3) is 3.66. The molecule has 9 aromatic rings. The third-order valence-corrected chi connectivity index (χ3v) is 11.3. The number of fused-ring (bicyclic) bond motifs is 2. The van der Waals surface area contributed by atoms with Gasteiger partial charge in [-0.25, -0.2) is 0 Å². The molecule has 0 nitrogen and oxygen atoms in total. The zero-order valence-electron chi connectivity index (χ0n) is 28.0. The van der Waals surface area contributed by atoms with Gasteiger partial charge in [-0.2, -0.15) is 0 Å². The van der Waals surface area contributed by atoms with E-state index in [0.717, 1.165) is 0 Å². The molecule has 50 heavy (non-hydrogen) atoms. The van der Waals surface area contributed by atoms with Crippen molar-refractivity contribution in [3.63, 3.8) is 0 Å². The lowest BCUT2D eigenvalue weighted by Crippen LogP contribution is -1.97. The second-order valence-electron chi connectivity index (χ2n) is 14.1. The Kier molecular flexibility index (Phi) is 5.61. The van der Waals surface area contributed by atoms with Gasteiger partial charge in [0, 0.05) is 0 Å². The van der Waals surface area contributed by atoms with Gasteiger partial charge in [0.25, 0.3) is 0 Å². The van der Waals surface area contributed by atoms with E-state index in [2.05, 4.69) is 172 Å². The van der Waals surface area contributed by atoms with Crippen LogP contribution in [0.25, 0.3) is 111 Å². The Hall–Kier alpha value is -6.24. The Balaban J connectivity index is 1.43. The molecule has 0 aromatic heterocycles. The van der Waals surface area contributed by atoms with Crippen LogP contribution < -0.4 is 0 Å². The molecule has 0 amide bonds. The Bertz CT molecular complexity index is 2700. The summed E-state index contributed by atoms with van der Waals surface area (Å²) in [7, 11) is 0. The molecule has 0 saturated carbocycles. The second-order valence-corrected chi connectivity index (χ2v) is 14.1. The van der Waals surface area contributed by atoms with Crippen LogP contribution in [0.2, 0.25) is 0 Å². The molecule has 0 aliphatic heterocycles. The summed E-state index contributed by atoms with van der Waals surface area (Å²) < 4.78 is 0. The first-order chi connectivity index (χ1) is 24.7. The molecule has 0 N–H and O–H groups in total. The molecule has 0 fully saturated rings. The van der Waals surface area contributed by atoms with Gasteiger partial charge < -0.3 is 0 Å². The van der Waals surface area contributed by atoms with Crippen molar-refractivity contribution in [1.29, 1.82) is 0 Å². The maximum Gasteiger partial charge on any atom is -0.00111 e. The van der Waals surface area contributed by atoms with Gasteiger partial charge in [0.1, 0.15) is 0 Å². The van der Waals surface area contributed by atoms with Gasteiger partial charge in [-0.3, -0.25) is 0 Å². The summed E-state index contributed by atoms with van der Waals surface area (Å²) in [5, 5.41) is 10.9. The van der Waals surface area contributed by atoms with Crippen LogP contribution in [0.1, 0.15) is 36.1 Å². The van der Waals surface area contributed by atoms with Crippen LogP contribution in [0.4, 0.5) is 0 Å². The normalized spacial score (nSPS) is 13.2. The maximum absolute atomic E-state index is 2.51. The van der Waals surface area contributed by atoms with Gasteiger partial charge in [-0.1, -0.05) is 133 Å². The Morgan fingerprint density at radius 2 is 0.580 bits per heavy atom. The van der Waals surface area contributed by atoms with Crippen molar-refractivity contribution >= 4 is 66.4 Å². The number of allylic oxidation sites excluding steroid dienone is 2. The van der Waals surface area contributed by atoms with Gasteiger partial charge >= 0.3 is 0 Å². The Morgan fingerprint density at radius 3 is 0.900 bits per heavy atom. The predicted molar refractivity (Wildman–Crippen MR) is 216 cm³/mol. The lowest BCUT2D eigenvalue weighted by Gasteiger charge is -2.23. The molecule has 2 aliphatic rings. The molecule has 0 saturated heterocycles. The van der Waals surface area contributed by atoms with E-state index in [1.807, 2.05) is 0 Å². The monoisotopic (exact) mass is 632 g/mol. The van der Waals surface area contributed by atoms with Crippen molar-refractivity contribution in [2.45, 2.75) is 13.8 Å². The highest BCUT2D eigenvalue weighted by atomic mass is 14.3. The van der Waals surface area contributed by atoms with E-state index in [9.17, 15) is 0 Å². The van der Waals surface area contributed by atoms with Crippen LogP contribution in [-0.2, 0) is 0 Å². The first-order valence-electron chi connectivity index (χ1n) is 17.6. The van der Waals surface area contributed by atoms with Crippen molar-refractivity contribution in [3.05, 3.63) is 168 Å². The van der Waals surface area contributed by atoms with Crippen molar-refractivity contribution in [1.82, 2.24) is 0 Å². The van der Waals surface area contributed by atoms with Crippen LogP contribution in [-0.4, -0.2) is 0 Å². The van der Waals surface area contributed by atoms with Crippen LogP contribution in [0, 0.1) is 0 Å². The van der Waals surface area contributed by atoms with Gasteiger partial charge in [0.05, 0.1) is 0 Å². The van der Waals surface area contributed by atoms with Gasteiger partial charge in [-0.05, 0) is 159 Å². The van der Waals surface area contributed by atoms with E-state index in [1.54, 1.807) is 0 Å². The molecule has 0 heteroatoms. The highest BCUT2D eigenvalue weighted by Crippen LogP contribution is 2.56. The van der Waals surface area contributed by atoms with E-state index in [-0.39, 0.29) is 0 Å². The van der Waals surface area contributed by atoms with E-state index < -0.39 is 0 Å². The smallest absolute Gasteiger partial charge is 0.00111 e. The Labute approximate surface area is 291 Å². The van der Waals surface area contributed by atoms with E-state index >= 15 is 0 Å². The molecule has 0 radical (unpaired) electrons. The topological polar surface area (TPSA) is 0 Å². The zero-order chi connectivity index (χ0) is 33.1. The largest absolute Gasteiger partial charge is 0.0622 e. The standard InChI is InChI=1S/C50H32/c1-29-23-39-35(31-15-7-3-8-16-31)25-41-44-28-38(34-21-13-6-14-22-34)46-30(2)24-40-36(32-17-9-4-10-18-32)26-42(48(44)50(40)46)43-27-37(33-19-11-5-12-20-33)45(29)49(39)47(41)43/h3-28H,1-2H3. The summed E-state index contributed by atoms with van der Waals surface area (Å²) in [4.78, 5) is 0. The summed E-state index contributed by atoms with van der Waals surface area (Å²) in [6, 6.07) is 54.0. The van der Waals surface area contributed by atoms with Gasteiger partial charge in [0.15, 0.2) is 0 Å². The second kappa shape index (κ2) is 10.1. The highest BCUT2D eigenvalue weighted by Gasteiger charge is 2.30. The van der Waals surface area contributed by atoms with Crippen LogP contribution in [0.15, 0.2) is 146 Å². The zero-order valence-corrected chi connectivity index (χ0v) is 28.0. The molecular weight excluding hydrogens is 601 g/mol. The van der Waals surface area contributed by atoms with Crippen LogP contribution in [0.3, 0.4) is 0 Å². The summed E-state index contributed by atoms with van der Waals surface area (Å²) in [5.74, 6) is 0. The number of rotatable bonds is 4. The predicted octanol–water partition coefficient (Wildman–Crippen LogP) is 14.2. The number of hydrogen-bond acceptors (Lipinski definition) is 0. The van der Waals surface area contributed by atoms with Gasteiger partial charge in [0.2, 0.25) is 0 Å². The quantitative estimate of drug-likeness (QED) is 0.134. The van der Waals surface area contributed by atoms with Crippen molar-refractivity contribution in [3.8, 4) is 44.5 Å². The summed E-state index contributed by atoms with van der Waals surface area (Å²) in [6.07, 6.45) is 4.88. The molecule has 2 aliphatic carbocycles. The molecule has 11 rings (SSSR count). The minimum Gasteiger partial charge on any atom is -0.0622 e. The fourth-order valence-electron chi connectivity index (χ4n) is 9.27. The lowest BCUT2D eigenvalue weighted by molar-refractivity contribution is 1.60. The molecule has 0 heterocycles. The third-order valence-electron chi connectivity index (χ3n) is 11.3. The minimum absolute atomic E-state index is 1.26. The molecule has 232 valence electrons. The molecule has 0 atom stereocenters. The fourth-order valence-corrected chi connectivity index (χ4v) is 9.27. The number of hydrogen-bond donors (Lipinski definition) is 0. The average Bonchev–Trinajstić information content (AvgIpc) is 3.71. The molecule has 0 bridgehead atoms. The SMILES string of the molecule is CC1=Cc2c(-c3ccccc3)cc3c4cc(-c5ccccc5)c5c6c(c(-c7ccccc7)cc(c7cc(-c8ccccc8)c1c2c37)c64)C=C5C. The molecule has 9 aromatic carbocycles. The Morgan fingerprint density at radius 1 is 0.300 bits per heavy atom. The molecular formula is C50H32. The highest BCUT2D eigenvalue weighted by molar-refractivity contribution is 6.40. The maximum atomic E-state index is 2.51. The first kappa shape index (κ1) is 27.7. The summed E-state index contributed by atoms with van der Waals surface area (Å²) in [5.41, 5.74) is 18.3. The summed E-state index contributed by atoms with van der Waals surface area (Å²) >= 11 is 0. The van der Waals surface area contributed by atoms with Crippen LogP contribution >= 0.6 is 0 Å². The van der Waals surface area contributed by atoms with Crippen LogP contribution in [0.5, 0.6) is 0 Å². The molecule has 0 unspecified atom stereocenters. The van der Waals surface area contributed by atoms with Crippen molar-refractivity contribution in [2.24, 2.45) is 0 Å². The minimum atomic E-state index is 1.26. The first-order valence-corrected chi connectivity index (χ1v) is 17.6. The van der Waals surface area contributed by atoms with Crippen molar-refractivity contribution in [2.75, 3.05) is 0 Å². The van der Waals surface area contributed by atoms with Crippen molar-refractivity contribution < 1.29 is 0 Å². The van der Waals surface area contributed by atoms with E-state index in [4.69, 9.17) is 0 Å². The lowest BCUT2D eigenvalue weighted by atomic mass is 9.79.